The van der Waals surface area contributed by atoms with Crippen LogP contribution >= 0.6 is 39.1 Å². The molecule has 0 fully saturated rings. The van der Waals surface area contributed by atoms with Gasteiger partial charge in [0.15, 0.2) is 0 Å². The lowest BCUT2D eigenvalue weighted by Gasteiger charge is -2.10. The van der Waals surface area contributed by atoms with Crippen LogP contribution in [0.25, 0.3) is 0 Å². The zero-order chi connectivity index (χ0) is 14.0. The Labute approximate surface area is 128 Å². The SMILES string of the molecule is Cc1cccc(Br)c1NC(=O)c1cnc(Cl)nc1Cl. The van der Waals surface area contributed by atoms with E-state index in [4.69, 9.17) is 23.2 Å². The van der Waals surface area contributed by atoms with Crippen LogP contribution in [0, 0.1) is 6.92 Å². The van der Waals surface area contributed by atoms with Gasteiger partial charge in [-0.05, 0) is 46.1 Å². The smallest absolute Gasteiger partial charge is 0.260 e. The Kier molecular flexibility index (Phi) is 4.39. The van der Waals surface area contributed by atoms with Crippen LogP contribution in [0.5, 0.6) is 0 Å². The molecule has 1 N–H and O–H groups in total. The number of amides is 1. The molecule has 0 aliphatic rings. The van der Waals surface area contributed by atoms with Crippen LogP contribution < -0.4 is 5.32 Å². The zero-order valence-electron chi connectivity index (χ0n) is 9.75. The molecule has 19 heavy (non-hydrogen) atoms. The lowest BCUT2D eigenvalue weighted by atomic mass is 10.2. The molecule has 0 radical (unpaired) electrons. The molecule has 0 spiro atoms. The van der Waals surface area contributed by atoms with E-state index in [0.717, 1.165) is 10.0 Å². The van der Waals surface area contributed by atoms with E-state index >= 15 is 0 Å². The fourth-order valence-corrected chi connectivity index (χ4v) is 2.42. The molecule has 0 unspecified atom stereocenters. The van der Waals surface area contributed by atoms with E-state index < -0.39 is 5.91 Å². The molecule has 4 nitrogen and oxygen atoms in total. The van der Waals surface area contributed by atoms with E-state index in [1.54, 1.807) is 0 Å². The summed E-state index contributed by atoms with van der Waals surface area (Å²) in [5.74, 6) is -0.392. The van der Waals surface area contributed by atoms with Crippen LogP contribution in [0.3, 0.4) is 0 Å². The fraction of sp³-hybridized carbons (Fsp3) is 0.0833. The highest BCUT2D eigenvalue weighted by atomic mass is 79.9. The van der Waals surface area contributed by atoms with Crippen LogP contribution in [0.4, 0.5) is 5.69 Å². The van der Waals surface area contributed by atoms with Crippen molar-refractivity contribution < 1.29 is 4.79 Å². The molecule has 1 heterocycles. The Morgan fingerprint density at radius 3 is 2.74 bits per heavy atom. The predicted octanol–water partition coefficient (Wildman–Crippen LogP) is 4.11. The van der Waals surface area contributed by atoms with Gasteiger partial charge in [0.05, 0.1) is 11.3 Å². The molecule has 0 aliphatic heterocycles. The van der Waals surface area contributed by atoms with E-state index in [-0.39, 0.29) is 16.0 Å². The minimum Gasteiger partial charge on any atom is -0.321 e. The van der Waals surface area contributed by atoms with Gasteiger partial charge in [-0.25, -0.2) is 9.97 Å². The van der Waals surface area contributed by atoms with Crippen molar-refractivity contribution in [1.82, 2.24) is 9.97 Å². The number of hydrogen-bond acceptors (Lipinski definition) is 3. The molecule has 98 valence electrons. The molecular formula is C12H8BrCl2N3O. The largest absolute Gasteiger partial charge is 0.321 e. The van der Waals surface area contributed by atoms with Crippen molar-refractivity contribution in [3.63, 3.8) is 0 Å². The molecular weight excluding hydrogens is 353 g/mol. The number of nitrogens with zero attached hydrogens (tertiary/aromatic N) is 2. The Balaban J connectivity index is 2.31. The molecule has 0 bridgehead atoms. The van der Waals surface area contributed by atoms with Crippen molar-refractivity contribution in [3.8, 4) is 0 Å². The Hall–Kier alpha value is -1.17. The monoisotopic (exact) mass is 359 g/mol. The number of hydrogen-bond donors (Lipinski definition) is 1. The molecule has 2 rings (SSSR count). The molecule has 1 aromatic carbocycles. The van der Waals surface area contributed by atoms with E-state index in [9.17, 15) is 4.79 Å². The van der Waals surface area contributed by atoms with Gasteiger partial charge in [-0.2, -0.15) is 0 Å². The van der Waals surface area contributed by atoms with Gasteiger partial charge in [-0.15, -0.1) is 0 Å². The second kappa shape index (κ2) is 5.86. The number of anilines is 1. The van der Waals surface area contributed by atoms with E-state index in [2.05, 4.69) is 31.2 Å². The Bertz CT molecular complexity index is 629. The number of rotatable bonds is 2. The second-order valence-corrected chi connectivity index (χ2v) is 5.28. The van der Waals surface area contributed by atoms with Gasteiger partial charge in [0, 0.05) is 10.7 Å². The van der Waals surface area contributed by atoms with E-state index in [1.165, 1.54) is 6.20 Å². The number of aryl methyl sites for hydroxylation is 1. The quantitative estimate of drug-likeness (QED) is 0.647. The van der Waals surface area contributed by atoms with Crippen molar-refractivity contribution in [3.05, 3.63) is 50.4 Å². The second-order valence-electron chi connectivity index (χ2n) is 3.73. The molecule has 1 aromatic heterocycles. The Morgan fingerprint density at radius 1 is 1.37 bits per heavy atom. The van der Waals surface area contributed by atoms with Crippen LogP contribution in [-0.4, -0.2) is 15.9 Å². The highest BCUT2D eigenvalue weighted by Gasteiger charge is 2.15. The van der Waals surface area contributed by atoms with Crippen LogP contribution in [0.15, 0.2) is 28.9 Å². The van der Waals surface area contributed by atoms with Gasteiger partial charge < -0.3 is 5.32 Å². The standard InChI is InChI=1S/C12H8BrCl2N3O/c1-6-3-2-4-8(13)9(6)17-11(19)7-5-16-12(15)18-10(7)14/h2-5H,1H3,(H,17,19). The summed E-state index contributed by atoms with van der Waals surface area (Å²) >= 11 is 14.8. The predicted molar refractivity (Wildman–Crippen MR) is 78.9 cm³/mol. The summed E-state index contributed by atoms with van der Waals surface area (Å²) in [7, 11) is 0. The highest BCUT2D eigenvalue weighted by molar-refractivity contribution is 9.10. The maximum Gasteiger partial charge on any atom is 0.260 e. The van der Waals surface area contributed by atoms with Gasteiger partial charge in [-0.1, -0.05) is 23.7 Å². The number of para-hydroxylation sites is 1. The van der Waals surface area contributed by atoms with Gasteiger partial charge in [-0.3, -0.25) is 4.79 Å². The third-order valence-corrected chi connectivity index (χ3v) is 3.55. The average Bonchev–Trinajstić information content (AvgIpc) is 2.33. The minimum absolute atomic E-state index is 0.00128. The van der Waals surface area contributed by atoms with E-state index in [0.29, 0.717) is 5.69 Å². The minimum atomic E-state index is -0.392. The first-order valence-corrected chi connectivity index (χ1v) is 6.78. The van der Waals surface area contributed by atoms with Gasteiger partial charge in [0.1, 0.15) is 5.15 Å². The summed E-state index contributed by atoms with van der Waals surface area (Å²) in [4.78, 5) is 19.6. The summed E-state index contributed by atoms with van der Waals surface area (Å²) in [5.41, 5.74) is 1.77. The number of benzene rings is 1. The summed E-state index contributed by atoms with van der Waals surface area (Å²) in [6.45, 7) is 1.89. The number of aromatic nitrogens is 2. The first-order chi connectivity index (χ1) is 8.99. The van der Waals surface area contributed by atoms with Crippen LogP contribution in [0.1, 0.15) is 15.9 Å². The number of carbonyl (C=O) groups excluding carboxylic acids is 1. The molecule has 0 saturated carbocycles. The number of carbonyl (C=O) groups is 1. The molecule has 0 saturated heterocycles. The summed E-state index contributed by atoms with van der Waals surface area (Å²) < 4.78 is 0.784. The highest BCUT2D eigenvalue weighted by Crippen LogP contribution is 2.27. The Morgan fingerprint density at radius 2 is 2.11 bits per heavy atom. The number of halogens is 3. The summed E-state index contributed by atoms with van der Waals surface area (Å²) in [5, 5.41) is 2.78. The van der Waals surface area contributed by atoms with Gasteiger partial charge in [0.2, 0.25) is 5.28 Å². The van der Waals surface area contributed by atoms with Crippen molar-refractivity contribution in [2.75, 3.05) is 5.32 Å². The first-order valence-electron chi connectivity index (χ1n) is 5.23. The summed E-state index contributed by atoms with van der Waals surface area (Å²) in [6, 6.07) is 5.61. The maximum atomic E-state index is 12.1. The lowest BCUT2D eigenvalue weighted by Crippen LogP contribution is -2.14. The van der Waals surface area contributed by atoms with Crippen molar-refractivity contribution in [1.29, 1.82) is 0 Å². The van der Waals surface area contributed by atoms with Crippen molar-refractivity contribution in [2.45, 2.75) is 6.92 Å². The normalized spacial score (nSPS) is 10.3. The van der Waals surface area contributed by atoms with Crippen LogP contribution in [-0.2, 0) is 0 Å². The van der Waals surface area contributed by atoms with Gasteiger partial charge >= 0.3 is 0 Å². The molecule has 0 atom stereocenters. The molecule has 2 aromatic rings. The average molecular weight is 361 g/mol. The van der Waals surface area contributed by atoms with Crippen molar-refractivity contribution >= 4 is 50.7 Å². The zero-order valence-corrected chi connectivity index (χ0v) is 12.8. The number of nitrogens with one attached hydrogen (secondary N) is 1. The lowest BCUT2D eigenvalue weighted by molar-refractivity contribution is 0.102. The maximum absolute atomic E-state index is 12.1. The molecule has 7 heteroatoms. The molecule has 1 amide bonds. The van der Waals surface area contributed by atoms with Crippen LogP contribution in [0.2, 0.25) is 10.4 Å². The van der Waals surface area contributed by atoms with Crippen molar-refractivity contribution in [2.24, 2.45) is 0 Å². The fourth-order valence-electron chi connectivity index (χ4n) is 1.46. The topological polar surface area (TPSA) is 54.9 Å². The summed E-state index contributed by atoms with van der Waals surface area (Å²) in [6.07, 6.45) is 1.29. The van der Waals surface area contributed by atoms with Gasteiger partial charge in [0.25, 0.3) is 5.91 Å². The van der Waals surface area contributed by atoms with E-state index in [1.807, 2.05) is 25.1 Å². The third kappa shape index (κ3) is 3.23. The molecule has 0 aliphatic carbocycles. The first kappa shape index (κ1) is 14.2. The third-order valence-electron chi connectivity index (χ3n) is 2.42.